The van der Waals surface area contributed by atoms with Gasteiger partial charge in [-0.1, -0.05) is 36.4 Å². The van der Waals surface area contributed by atoms with Crippen LogP contribution in [0, 0.1) is 0 Å². The molecule has 0 saturated heterocycles. The zero-order chi connectivity index (χ0) is 20.0. The second kappa shape index (κ2) is 8.68. The number of aliphatic carboxylic acids is 2. The van der Waals surface area contributed by atoms with Crippen LogP contribution in [0.2, 0.25) is 0 Å². The van der Waals surface area contributed by atoms with Crippen molar-refractivity contribution in [2.24, 2.45) is 0 Å². The van der Waals surface area contributed by atoms with Gasteiger partial charge in [-0.05, 0) is 55.5 Å². The minimum Gasteiger partial charge on any atom is -0.491 e. The Balaban J connectivity index is 2.09. The SMILES string of the molecule is CC(C)Oc1cccc(-c2ccc(CCC(O)(CC(=O)O)C(=O)O)cc2)c1. The van der Waals surface area contributed by atoms with Crippen molar-refractivity contribution in [1.82, 2.24) is 0 Å². The molecule has 2 aromatic rings. The molecule has 6 nitrogen and oxygen atoms in total. The zero-order valence-electron chi connectivity index (χ0n) is 15.4. The number of aliphatic hydroxyl groups is 1. The highest BCUT2D eigenvalue weighted by Crippen LogP contribution is 2.26. The predicted molar refractivity (Wildman–Crippen MR) is 101 cm³/mol. The van der Waals surface area contributed by atoms with Crippen LogP contribution >= 0.6 is 0 Å². The first-order valence-electron chi connectivity index (χ1n) is 8.73. The summed E-state index contributed by atoms with van der Waals surface area (Å²) in [5, 5.41) is 28.0. The zero-order valence-corrected chi connectivity index (χ0v) is 15.4. The van der Waals surface area contributed by atoms with Crippen LogP contribution in [0.4, 0.5) is 0 Å². The van der Waals surface area contributed by atoms with Crippen LogP contribution in [0.15, 0.2) is 48.5 Å². The number of hydrogen-bond donors (Lipinski definition) is 3. The Hall–Kier alpha value is -2.86. The van der Waals surface area contributed by atoms with E-state index >= 15 is 0 Å². The monoisotopic (exact) mass is 372 g/mol. The summed E-state index contributed by atoms with van der Waals surface area (Å²) in [4.78, 5) is 22.0. The van der Waals surface area contributed by atoms with Gasteiger partial charge in [0.25, 0.3) is 0 Å². The number of benzene rings is 2. The molecule has 27 heavy (non-hydrogen) atoms. The van der Waals surface area contributed by atoms with Crippen molar-refractivity contribution in [3.63, 3.8) is 0 Å². The lowest BCUT2D eigenvalue weighted by molar-refractivity contribution is -0.166. The van der Waals surface area contributed by atoms with Crippen molar-refractivity contribution in [1.29, 1.82) is 0 Å². The summed E-state index contributed by atoms with van der Waals surface area (Å²) < 4.78 is 5.70. The number of carboxylic acid groups (broad SMARTS) is 2. The molecule has 0 heterocycles. The molecule has 0 spiro atoms. The maximum Gasteiger partial charge on any atom is 0.336 e. The Bertz CT molecular complexity index is 797. The second-order valence-electron chi connectivity index (χ2n) is 6.80. The van der Waals surface area contributed by atoms with Gasteiger partial charge < -0.3 is 20.1 Å². The van der Waals surface area contributed by atoms with Crippen molar-refractivity contribution in [2.45, 2.75) is 44.8 Å². The number of rotatable bonds is 9. The fourth-order valence-corrected chi connectivity index (χ4v) is 2.76. The van der Waals surface area contributed by atoms with E-state index in [1.165, 1.54) is 0 Å². The van der Waals surface area contributed by atoms with Gasteiger partial charge in [-0.15, -0.1) is 0 Å². The van der Waals surface area contributed by atoms with Crippen molar-refractivity contribution < 1.29 is 29.6 Å². The van der Waals surface area contributed by atoms with Gasteiger partial charge in [0.05, 0.1) is 12.5 Å². The molecule has 3 N–H and O–H groups in total. The van der Waals surface area contributed by atoms with Gasteiger partial charge in [-0.25, -0.2) is 4.79 Å². The summed E-state index contributed by atoms with van der Waals surface area (Å²) in [7, 11) is 0. The Morgan fingerprint density at radius 2 is 1.70 bits per heavy atom. The predicted octanol–water partition coefficient (Wildman–Crippen LogP) is 3.36. The highest BCUT2D eigenvalue weighted by atomic mass is 16.5. The van der Waals surface area contributed by atoms with Crippen LogP contribution in [0.3, 0.4) is 0 Å². The molecule has 0 aliphatic carbocycles. The lowest BCUT2D eigenvalue weighted by Gasteiger charge is -2.21. The first-order valence-corrected chi connectivity index (χ1v) is 8.73. The molecule has 0 saturated carbocycles. The van der Waals surface area contributed by atoms with E-state index in [2.05, 4.69) is 0 Å². The van der Waals surface area contributed by atoms with Crippen LogP contribution in [0.1, 0.15) is 32.3 Å². The lowest BCUT2D eigenvalue weighted by Crippen LogP contribution is -2.41. The van der Waals surface area contributed by atoms with Crippen molar-refractivity contribution in [3.05, 3.63) is 54.1 Å². The van der Waals surface area contributed by atoms with E-state index in [1.807, 2.05) is 62.4 Å². The van der Waals surface area contributed by atoms with Gasteiger partial charge in [0.2, 0.25) is 0 Å². The van der Waals surface area contributed by atoms with Gasteiger partial charge in [-0.3, -0.25) is 4.79 Å². The Morgan fingerprint density at radius 3 is 2.26 bits per heavy atom. The van der Waals surface area contributed by atoms with Gasteiger partial charge in [-0.2, -0.15) is 0 Å². The summed E-state index contributed by atoms with van der Waals surface area (Å²) in [6, 6.07) is 15.2. The minimum atomic E-state index is -2.27. The summed E-state index contributed by atoms with van der Waals surface area (Å²) in [6.45, 7) is 3.92. The molecule has 0 aromatic heterocycles. The third-order valence-electron chi connectivity index (χ3n) is 4.16. The van der Waals surface area contributed by atoms with E-state index in [0.717, 1.165) is 22.4 Å². The molecule has 0 aliphatic rings. The van der Waals surface area contributed by atoms with Gasteiger partial charge in [0, 0.05) is 0 Å². The number of carbonyl (C=O) groups is 2. The number of hydrogen-bond acceptors (Lipinski definition) is 4. The normalized spacial score (nSPS) is 13.2. The molecule has 0 radical (unpaired) electrons. The highest BCUT2D eigenvalue weighted by Gasteiger charge is 2.38. The summed E-state index contributed by atoms with van der Waals surface area (Å²) >= 11 is 0. The molecular formula is C21H24O6. The molecule has 1 atom stereocenters. The molecule has 6 heteroatoms. The largest absolute Gasteiger partial charge is 0.491 e. The molecule has 0 bridgehead atoms. The topological polar surface area (TPSA) is 104 Å². The van der Waals surface area contributed by atoms with E-state index in [0.29, 0.717) is 0 Å². The fourth-order valence-electron chi connectivity index (χ4n) is 2.76. The van der Waals surface area contributed by atoms with Crippen molar-refractivity contribution in [3.8, 4) is 16.9 Å². The lowest BCUT2D eigenvalue weighted by atomic mass is 9.91. The molecule has 0 fully saturated rings. The van der Waals surface area contributed by atoms with Crippen LogP contribution in [-0.2, 0) is 16.0 Å². The Labute approximate surface area is 158 Å². The van der Waals surface area contributed by atoms with E-state index in [-0.39, 0.29) is 18.9 Å². The van der Waals surface area contributed by atoms with Crippen LogP contribution < -0.4 is 4.74 Å². The van der Waals surface area contributed by atoms with E-state index in [9.17, 15) is 14.7 Å². The summed E-state index contributed by atoms with van der Waals surface area (Å²) in [5.74, 6) is -2.09. The molecule has 2 aromatic carbocycles. The summed E-state index contributed by atoms with van der Waals surface area (Å²) in [5.41, 5.74) is 0.519. The quantitative estimate of drug-likeness (QED) is 0.623. The average molecular weight is 372 g/mol. The molecule has 2 rings (SSSR count). The molecule has 0 amide bonds. The molecular weight excluding hydrogens is 348 g/mol. The van der Waals surface area contributed by atoms with Crippen molar-refractivity contribution in [2.75, 3.05) is 0 Å². The van der Waals surface area contributed by atoms with Gasteiger partial charge in [0.15, 0.2) is 5.60 Å². The van der Waals surface area contributed by atoms with Crippen molar-refractivity contribution >= 4 is 11.9 Å². The van der Waals surface area contributed by atoms with Gasteiger partial charge in [0.1, 0.15) is 5.75 Å². The second-order valence-corrected chi connectivity index (χ2v) is 6.80. The van der Waals surface area contributed by atoms with E-state index in [4.69, 9.17) is 14.9 Å². The molecule has 0 aliphatic heterocycles. The minimum absolute atomic E-state index is 0.0846. The third-order valence-corrected chi connectivity index (χ3v) is 4.16. The van der Waals surface area contributed by atoms with Crippen LogP contribution in [-0.4, -0.2) is 39.0 Å². The van der Waals surface area contributed by atoms with Crippen LogP contribution in [0.5, 0.6) is 5.75 Å². The van der Waals surface area contributed by atoms with Crippen LogP contribution in [0.25, 0.3) is 11.1 Å². The first-order chi connectivity index (χ1) is 12.7. The molecule has 1 unspecified atom stereocenters. The average Bonchev–Trinajstić information content (AvgIpc) is 2.59. The smallest absolute Gasteiger partial charge is 0.336 e. The number of ether oxygens (including phenoxy) is 1. The van der Waals surface area contributed by atoms with E-state index in [1.54, 1.807) is 0 Å². The van der Waals surface area contributed by atoms with E-state index < -0.39 is 24.0 Å². The highest BCUT2D eigenvalue weighted by molar-refractivity contribution is 5.83. The number of aryl methyl sites for hydroxylation is 1. The summed E-state index contributed by atoms with van der Waals surface area (Å²) in [6.07, 6.45) is -0.664. The maximum absolute atomic E-state index is 11.2. The Kier molecular flexibility index (Phi) is 6.58. The third kappa shape index (κ3) is 5.82. The first kappa shape index (κ1) is 20.5. The maximum atomic E-state index is 11.2. The van der Waals surface area contributed by atoms with Gasteiger partial charge >= 0.3 is 11.9 Å². The molecule has 144 valence electrons. The Morgan fingerprint density at radius 1 is 1.04 bits per heavy atom. The number of carboxylic acids is 2. The standard InChI is InChI=1S/C21H24O6/c1-14(2)27-18-5-3-4-17(12-18)16-8-6-15(7-9-16)10-11-21(26,20(24)25)13-19(22)23/h3-9,12,14,26H,10-11,13H2,1-2H3,(H,22,23)(H,24,25). The fraction of sp³-hybridized carbons (Fsp3) is 0.333.